The number of ketones is 1. The van der Waals surface area contributed by atoms with Gasteiger partial charge in [0, 0.05) is 12.3 Å². The van der Waals surface area contributed by atoms with E-state index in [1.165, 1.54) is 19.3 Å². The van der Waals surface area contributed by atoms with Gasteiger partial charge < -0.3 is 0 Å². The van der Waals surface area contributed by atoms with E-state index in [1.54, 1.807) is 0 Å². The Kier molecular flexibility index (Phi) is 2.76. The van der Waals surface area contributed by atoms with Gasteiger partial charge in [0.15, 0.2) is 0 Å². The van der Waals surface area contributed by atoms with Crippen molar-refractivity contribution in [2.45, 2.75) is 67.2 Å². The summed E-state index contributed by atoms with van der Waals surface area (Å²) in [6.45, 7) is 14.1. The molecule has 0 saturated heterocycles. The van der Waals surface area contributed by atoms with Crippen molar-refractivity contribution in [2.24, 2.45) is 28.1 Å². The first-order valence-corrected chi connectivity index (χ1v) is 7.18. The minimum Gasteiger partial charge on any atom is -0.299 e. The molecule has 0 unspecified atom stereocenters. The van der Waals surface area contributed by atoms with Crippen LogP contribution in [0.3, 0.4) is 0 Å². The van der Waals surface area contributed by atoms with Gasteiger partial charge in [0.25, 0.3) is 0 Å². The van der Waals surface area contributed by atoms with Gasteiger partial charge >= 0.3 is 0 Å². The summed E-state index contributed by atoms with van der Waals surface area (Å²) in [7, 11) is 0. The van der Waals surface area contributed by atoms with E-state index >= 15 is 0 Å². The van der Waals surface area contributed by atoms with Gasteiger partial charge in [-0.3, -0.25) is 4.79 Å². The third kappa shape index (κ3) is 1.47. The number of hydrogen-bond acceptors (Lipinski definition) is 1. The molecule has 2 fully saturated rings. The van der Waals surface area contributed by atoms with Crippen molar-refractivity contribution < 1.29 is 4.79 Å². The van der Waals surface area contributed by atoms with Gasteiger partial charge in [-0.2, -0.15) is 0 Å². The lowest BCUT2D eigenvalue weighted by Crippen LogP contribution is -2.60. The number of fused-ring (bicyclic) bond motifs is 1. The van der Waals surface area contributed by atoms with Crippen LogP contribution < -0.4 is 0 Å². The molecule has 1 heteroatoms. The molecule has 0 aromatic rings. The first-order valence-electron chi connectivity index (χ1n) is 7.18. The Morgan fingerprint density at radius 1 is 1.06 bits per heavy atom. The SMILES string of the molecule is C[C@@H]1C(=O)C[C@]2(C)CCCC(C)(C)[C@]2(C)[C@H]1C. The lowest BCUT2D eigenvalue weighted by atomic mass is 9.39. The third-order valence-corrected chi connectivity index (χ3v) is 6.92. The molecule has 0 aliphatic heterocycles. The largest absolute Gasteiger partial charge is 0.299 e. The quantitative estimate of drug-likeness (QED) is 0.607. The molecule has 0 heterocycles. The zero-order valence-electron chi connectivity index (χ0n) is 12.4. The Morgan fingerprint density at radius 2 is 1.65 bits per heavy atom. The summed E-state index contributed by atoms with van der Waals surface area (Å²) in [5, 5.41) is 0. The monoisotopic (exact) mass is 236 g/mol. The highest BCUT2D eigenvalue weighted by atomic mass is 16.1. The Labute approximate surface area is 106 Å². The molecule has 0 N–H and O–H groups in total. The summed E-state index contributed by atoms with van der Waals surface area (Å²) in [5.74, 6) is 1.24. The number of carbonyl (C=O) groups excluding carboxylic acids is 1. The van der Waals surface area contributed by atoms with Crippen molar-refractivity contribution in [2.75, 3.05) is 0 Å². The first-order chi connectivity index (χ1) is 7.66. The fourth-order valence-corrected chi connectivity index (χ4v) is 5.02. The third-order valence-electron chi connectivity index (χ3n) is 6.92. The Hall–Kier alpha value is -0.330. The fourth-order valence-electron chi connectivity index (χ4n) is 5.02. The van der Waals surface area contributed by atoms with Crippen LogP contribution in [0.25, 0.3) is 0 Å². The molecule has 2 aliphatic rings. The molecule has 0 aromatic carbocycles. The standard InChI is InChI=1S/C16H28O/c1-11-12(2)16(6)14(3,4)8-7-9-15(16,5)10-13(11)17/h11-12H,7-10H2,1-6H3/t11-,12-,15-,16-/m0/s1. The Bertz CT molecular complexity index is 343. The van der Waals surface area contributed by atoms with Gasteiger partial charge in [-0.05, 0) is 35.0 Å². The molecule has 2 aliphatic carbocycles. The predicted octanol–water partition coefficient (Wildman–Crippen LogP) is 4.45. The number of rotatable bonds is 0. The van der Waals surface area contributed by atoms with Gasteiger partial charge in [-0.25, -0.2) is 0 Å². The van der Waals surface area contributed by atoms with Crippen molar-refractivity contribution in [3.8, 4) is 0 Å². The lowest BCUT2D eigenvalue weighted by Gasteiger charge is -2.65. The first kappa shape index (κ1) is 13.1. The van der Waals surface area contributed by atoms with Crippen LogP contribution in [-0.4, -0.2) is 5.78 Å². The molecule has 1 nitrogen and oxygen atoms in total. The number of carbonyl (C=O) groups is 1. The van der Waals surface area contributed by atoms with E-state index in [4.69, 9.17) is 0 Å². The summed E-state index contributed by atoms with van der Waals surface area (Å²) in [5.41, 5.74) is 0.873. The Morgan fingerprint density at radius 3 is 2.24 bits per heavy atom. The Balaban J connectivity index is 2.52. The summed E-state index contributed by atoms with van der Waals surface area (Å²) in [6.07, 6.45) is 4.63. The lowest BCUT2D eigenvalue weighted by molar-refractivity contribution is -0.178. The van der Waals surface area contributed by atoms with Crippen molar-refractivity contribution in [3.05, 3.63) is 0 Å². The van der Waals surface area contributed by atoms with E-state index in [-0.39, 0.29) is 11.3 Å². The maximum atomic E-state index is 12.2. The van der Waals surface area contributed by atoms with E-state index in [1.807, 2.05) is 0 Å². The van der Waals surface area contributed by atoms with Gasteiger partial charge in [0.05, 0.1) is 0 Å². The normalized spacial score (nSPS) is 49.9. The van der Waals surface area contributed by atoms with Crippen LogP contribution in [0.15, 0.2) is 0 Å². The molecule has 0 bridgehead atoms. The smallest absolute Gasteiger partial charge is 0.136 e. The topological polar surface area (TPSA) is 17.1 Å². The molecule has 98 valence electrons. The maximum Gasteiger partial charge on any atom is 0.136 e. The highest BCUT2D eigenvalue weighted by Gasteiger charge is 2.62. The molecule has 2 rings (SSSR count). The van der Waals surface area contributed by atoms with Gasteiger partial charge in [0.2, 0.25) is 0 Å². The van der Waals surface area contributed by atoms with Gasteiger partial charge in [0.1, 0.15) is 5.78 Å². The van der Waals surface area contributed by atoms with Gasteiger partial charge in [-0.15, -0.1) is 0 Å². The van der Waals surface area contributed by atoms with E-state index in [0.29, 0.717) is 22.5 Å². The van der Waals surface area contributed by atoms with E-state index in [2.05, 4.69) is 41.5 Å². The zero-order chi connectivity index (χ0) is 13.1. The van der Waals surface area contributed by atoms with Crippen LogP contribution in [0.1, 0.15) is 67.2 Å². The predicted molar refractivity (Wildman–Crippen MR) is 71.8 cm³/mol. The molecule has 0 radical (unpaired) electrons. The second kappa shape index (κ2) is 3.59. The highest BCUT2D eigenvalue weighted by Crippen LogP contribution is 2.68. The van der Waals surface area contributed by atoms with Crippen LogP contribution >= 0.6 is 0 Å². The maximum absolute atomic E-state index is 12.2. The van der Waals surface area contributed by atoms with E-state index in [0.717, 1.165) is 6.42 Å². The van der Waals surface area contributed by atoms with Crippen molar-refractivity contribution in [1.29, 1.82) is 0 Å². The number of hydrogen-bond donors (Lipinski definition) is 0. The molecule has 2 saturated carbocycles. The average Bonchev–Trinajstić information content (AvgIpc) is 2.21. The minimum atomic E-state index is 0.220. The zero-order valence-corrected chi connectivity index (χ0v) is 12.4. The molecule has 17 heavy (non-hydrogen) atoms. The second-order valence-corrected chi connectivity index (χ2v) is 7.72. The van der Waals surface area contributed by atoms with Crippen LogP contribution in [0.5, 0.6) is 0 Å². The molecule has 0 amide bonds. The molecule has 0 aromatic heterocycles. The summed E-state index contributed by atoms with van der Waals surface area (Å²) in [6, 6.07) is 0. The van der Waals surface area contributed by atoms with Crippen molar-refractivity contribution in [3.63, 3.8) is 0 Å². The van der Waals surface area contributed by atoms with Crippen molar-refractivity contribution in [1.82, 2.24) is 0 Å². The molecule has 4 atom stereocenters. The molecule has 0 spiro atoms. The van der Waals surface area contributed by atoms with E-state index in [9.17, 15) is 4.79 Å². The van der Waals surface area contributed by atoms with E-state index < -0.39 is 0 Å². The van der Waals surface area contributed by atoms with Crippen LogP contribution in [0.2, 0.25) is 0 Å². The van der Waals surface area contributed by atoms with Gasteiger partial charge in [-0.1, -0.05) is 48.0 Å². The summed E-state index contributed by atoms with van der Waals surface area (Å²) >= 11 is 0. The molecular formula is C16H28O. The van der Waals surface area contributed by atoms with Crippen LogP contribution in [-0.2, 0) is 4.79 Å². The van der Waals surface area contributed by atoms with Crippen molar-refractivity contribution >= 4 is 5.78 Å². The minimum absolute atomic E-state index is 0.220. The highest BCUT2D eigenvalue weighted by molar-refractivity contribution is 5.83. The second-order valence-electron chi connectivity index (χ2n) is 7.72. The number of Topliss-reactive ketones (excluding diaryl/α,β-unsaturated/α-hetero) is 1. The summed E-state index contributed by atoms with van der Waals surface area (Å²) in [4.78, 5) is 12.2. The molecular weight excluding hydrogens is 208 g/mol. The summed E-state index contributed by atoms with van der Waals surface area (Å²) < 4.78 is 0. The van der Waals surface area contributed by atoms with Crippen LogP contribution in [0, 0.1) is 28.1 Å². The van der Waals surface area contributed by atoms with Crippen LogP contribution in [0.4, 0.5) is 0 Å². The fraction of sp³-hybridized carbons (Fsp3) is 0.938. The average molecular weight is 236 g/mol.